The summed E-state index contributed by atoms with van der Waals surface area (Å²) in [7, 11) is 0. The van der Waals surface area contributed by atoms with E-state index in [1.165, 1.54) is 71.6 Å². The maximum absolute atomic E-state index is 3.87. The second-order valence-corrected chi connectivity index (χ2v) is 8.53. The van der Waals surface area contributed by atoms with Crippen LogP contribution < -0.4 is 0 Å². The molecule has 0 heterocycles. The monoisotopic (exact) mass is 380 g/mol. The molecule has 0 unspecified atom stereocenters. The summed E-state index contributed by atoms with van der Waals surface area (Å²) in [5.74, 6) is 1.65. The molecule has 0 N–H and O–H groups in total. The first-order valence-electron chi connectivity index (χ1n) is 11.1. The minimum absolute atomic E-state index is 0.741. The summed E-state index contributed by atoms with van der Waals surface area (Å²) in [5, 5.41) is 2.60. The summed E-state index contributed by atoms with van der Waals surface area (Å²) >= 11 is 0. The van der Waals surface area contributed by atoms with E-state index in [0.29, 0.717) is 0 Å². The average molecular weight is 381 g/mol. The molecule has 0 bridgehead atoms. The van der Waals surface area contributed by atoms with Crippen molar-refractivity contribution < 1.29 is 0 Å². The molecule has 29 heavy (non-hydrogen) atoms. The van der Waals surface area contributed by atoms with Crippen molar-refractivity contribution in [3.63, 3.8) is 0 Å². The topological polar surface area (TPSA) is 0 Å². The number of benzene rings is 3. The Labute approximate surface area is 176 Å². The van der Waals surface area contributed by atoms with Crippen LogP contribution in [0.15, 0.2) is 79.4 Å². The molecule has 0 atom stereocenters. The van der Waals surface area contributed by atoms with Crippen LogP contribution in [-0.4, -0.2) is 0 Å². The molecule has 0 nitrogen and oxygen atoms in total. The molecule has 148 valence electrons. The van der Waals surface area contributed by atoms with Crippen LogP contribution in [0.1, 0.15) is 62.5 Å². The number of allylic oxidation sites excluding steroid dienone is 2. The van der Waals surface area contributed by atoms with Gasteiger partial charge in [0.1, 0.15) is 0 Å². The van der Waals surface area contributed by atoms with Gasteiger partial charge in [0.05, 0.1) is 0 Å². The van der Waals surface area contributed by atoms with Gasteiger partial charge in [0.25, 0.3) is 0 Å². The van der Waals surface area contributed by atoms with E-state index >= 15 is 0 Å². The molecule has 1 aliphatic carbocycles. The first kappa shape index (κ1) is 19.7. The Morgan fingerprint density at radius 2 is 1.52 bits per heavy atom. The third-order valence-corrected chi connectivity index (χ3v) is 6.56. The van der Waals surface area contributed by atoms with Crippen LogP contribution in [0, 0.1) is 5.92 Å². The standard InChI is InChI=1S/C29H32/c1-3-5-7-22-8-11-24(12-9-22)25-14-16-26(17-15-25)28-19-18-27-20-23(6-4-2)10-13-29(27)21-28/h3-4,6,10,13-22,24H,1,5,7-9,11-12H2,2H3/b6-4+. The van der Waals surface area contributed by atoms with E-state index < -0.39 is 0 Å². The number of hydrogen-bond acceptors (Lipinski definition) is 0. The highest BCUT2D eigenvalue weighted by Crippen LogP contribution is 2.38. The number of fused-ring (bicyclic) bond motifs is 1. The van der Waals surface area contributed by atoms with Crippen molar-refractivity contribution in [1.29, 1.82) is 0 Å². The molecule has 0 aliphatic heterocycles. The van der Waals surface area contributed by atoms with E-state index in [1.807, 2.05) is 0 Å². The lowest BCUT2D eigenvalue weighted by Gasteiger charge is -2.28. The summed E-state index contributed by atoms with van der Waals surface area (Å²) in [6.45, 7) is 5.93. The van der Waals surface area contributed by atoms with Gasteiger partial charge in [0.15, 0.2) is 0 Å². The molecule has 1 saturated carbocycles. The van der Waals surface area contributed by atoms with Gasteiger partial charge in [-0.3, -0.25) is 0 Å². The normalized spacial score (nSPS) is 19.6. The molecule has 0 spiro atoms. The lowest BCUT2D eigenvalue weighted by molar-refractivity contribution is 0.312. The van der Waals surface area contributed by atoms with Crippen molar-refractivity contribution in [1.82, 2.24) is 0 Å². The minimum atomic E-state index is 0.741. The van der Waals surface area contributed by atoms with E-state index in [2.05, 4.69) is 92.4 Å². The lowest BCUT2D eigenvalue weighted by atomic mass is 9.77. The van der Waals surface area contributed by atoms with E-state index in [-0.39, 0.29) is 0 Å². The fraction of sp³-hybridized carbons (Fsp3) is 0.310. The van der Waals surface area contributed by atoms with E-state index in [4.69, 9.17) is 0 Å². The average Bonchev–Trinajstić information content (AvgIpc) is 2.78. The Kier molecular flexibility index (Phi) is 6.30. The van der Waals surface area contributed by atoms with Crippen molar-refractivity contribution in [2.45, 2.75) is 51.4 Å². The Bertz CT molecular complexity index is 982. The first-order chi connectivity index (χ1) is 14.3. The first-order valence-corrected chi connectivity index (χ1v) is 11.1. The molecule has 4 rings (SSSR count). The molecule has 0 radical (unpaired) electrons. The maximum Gasteiger partial charge on any atom is -0.0162 e. The van der Waals surface area contributed by atoms with Gasteiger partial charge >= 0.3 is 0 Å². The van der Waals surface area contributed by atoms with Gasteiger partial charge in [-0.2, -0.15) is 0 Å². The van der Waals surface area contributed by atoms with Crippen LogP contribution >= 0.6 is 0 Å². The van der Waals surface area contributed by atoms with Gasteiger partial charge < -0.3 is 0 Å². The van der Waals surface area contributed by atoms with Crippen LogP contribution in [0.5, 0.6) is 0 Å². The van der Waals surface area contributed by atoms with Crippen molar-refractivity contribution >= 4 is 16.8 Å². The van der Waals surface area contributed by atoms with Crippen LogP contribution in [0.4, 0.5) is 0 Å². The zero-order valence-corrected chi connectivity index (χ0v) is 17.6. The highest BCUT2D eigenvalue weighted by Gasteiger charge is 2.21. The highest BCUT2D eigenvalue weighted by molar-refractivity contribution is 5.89. The summed E-state index contributed by atoms with van der Waals surface area (Å²) in [4.78, 5) is 0. The predicted octanol–water partition coefficient (Wildman–Crippen LogP) is 8.78. The van der Waals surface area contributed by atoms with Crippen molar-refractivity contribution in [3.8, 4) is 11.1 Å². The van der Waals surface area contributed by atoms with Crippen LogP contribution in [0.2, 0.25) is 0 Å². The van der Waals surface area contributed by atoms with Gasteiger partial charge in [0, 0.05) is 0 Å². The van der Waals surface area contributed by atoms with Crippen molar-refractivity contribution in [2.24, 2.45) is 5.92 Å². The predicted molar refractivity (Wildman–Crippen MR) is 128 cm³/mol. The Balaban J connectivity index is 1.46. The van der Waals surface area contributed by atoms with E-state index in [1.54, 1.807) is 0 Å². The van der Waals surface area contributed by atoms with E-state index in [9.17, 15) is 0 Å². The molecule has 0 amide bonds. The lowest BCUT2D eigenvalue weighted by Crippen LogP contribution is -2.13. The third kappa shape index (κ3) is 4.70. The SMILES string of the molecule is C=CCCC1CCC(c2ccc(-c3ccc4cc(/C=C/C)ccc4c3)cc2)CC1. The molecular weight excluding hydrogens is 348 g/mol. The summed E-state index contributed by atoms with van der Waals surface area (Å²) < 4.78 is 0. The largest absolute Gasteiger partial charge is 0.103 e. The third-order valence-electron chi connectivity index (χ3n) is 6.56. The summed E-state index contributed by atoms with van der Waals surface area (Å²) in [5.41, 5.74) is 5.40. The molecule has 3 aromatic carbocycles. The minimum Gasteiger partial charge on any atom is -0.103 e. The maximum atomic E-state index is 3.87. The molecule has 0 aromatic heterocycles. The Hall–Kier alpha value is -2.60. The number of rotatable bonds is 6. The zero-order chi connectivity index (χ0) is 20.1. The fourth-order valence-corrected chi connectivity index (χ4v) is 4.83. The van der Waals surface area contributed by atoms with Crippen LogP contribution in [-0.2, 0) is 0 Å². The molecular formula is C29H32. The van der Waals surface area contributed by atoms with Crippen molar-refractivity contribution in [2.75, 3.05) is 0 Å². The Morgan fingerprint density at radius 1 is 0.828 bits per heavy atom. The van der Waals surface area contributed by atoms with Crippen LogP contribution in [0.25, 0.3) is 28.0 Å². The molecule has 1 aliphatic rings. The Morgan fingerprint density at radius 3 is 2.24 bits per heavy atom. The summed E-state index contributed by atoms with van der Waals surface area (Å²) in [6.07, 6.45) is 14.2. The second kappa shape index (κ2) is 9.27. The quantitative estimate of drug-likeness (QED) is 0.375. The smallest absolute Gasteiger partial charge is 0.0162 e. The molecule has 1 fully saturated rings. The van der Waals surface area contributed by atoms with Gasteiger partial charge in [0.2, 0.25) is 0 Å². The zero-order valence-electron chi connectivity index (χ0n) is 17.6. The van der Waals surface area contributed by atoms with Gasteiger partial charge in [-0.15, -0.1) is 6.58 Å². The van der Waals surface area contributed by atoms with Gasteiger partial charge in [-0.05, 0) is 102 Å². The fourth-order valence-electron chi connectivity index (χ4n) is 4.83. The second-order valence-electron chi connectivity index (χ2n) is 8.53. The highest BCUT2D eigenvalue weighted by atomic mass is 14.3. The summed E-state index contributed by atoms with van der Waals surface area (Å²) in [6, 6.07) is 22.9. The van der Waals surface area contributed by atoms with Crippen molar-refractivity contribution in [3.05, 3.63) is 90.5 Å². The van der Waals surface area contributed by atoms with E-state index in [0.717, 1.165) is 11.8 Å². The van der Waals surface area contributed by atoms with Gasteiger partial charge in [-0.1, -0.05) is 66.8 Å². The van der Waals surface area contributed by atoms with Crippen LogP contribution in [0.3, 0.4) is 0 Å². The van der Waals surface area contributed by atoms with Gasteiger partial charge in [-0.25, -0.2) is 0 Å². The molecule has 0 saturated heterocycles. The number of hydrogen-bond donors (Lipinski definition) is 0. The molecule has 3 aromatic rings. The molecule has 0 heteroatoms.